The molecule has 168 valence electrons. The Morgan fingerprint density at radius 1 is 1.09 bits per heavy atom. The van der Waals surface area contributed by atoms with Gasteiger partial charge in [0.25, 0.3) is 0 Å². The molecule has 0 saturated carbocycles. The van der Waals surface area contributed by atoms with E-state index < -0.39 is 0 Å². The fourth-order valence-electron chi connectivity index (χ4n) is 3.38. The lowest BCUT2D eigenvalue weighted by atomic mass is 9.96. The molecule has 3 aromatic rings. The Morgan fingerprint density at radius 3 is 2.62 bits per heavy atom. The van der Waals surface area contributed by atoms with E-state index in [1.807, 2.05) is 31.2 Å². The summed E-state index contributed by atoms with van der Waals surface area (Å²) in [5, 5.41) is 3.26. The minimum atomic E-state index is -0.257. The molecule has 1 aromatic heterocycles. The van der Waals surface area contributed by atoms with Crippen molar-refractivity contribution in [3.8, 4) is 23.0 Å². The van der Waals surface area contributed by atoms with Gasteiger partial charge in [-0.25, -0.2) is 9.37 Å². The molecule has 0 spiro atoms. The third-order valence-corrected chi connectivity index (χ3v) is 5.16. The summed E-state index contributed by atoms with van der Waals surface area (Å²) in [6.07, 6.45) is 3.01. The van der Waals surface area contributed by atoms with Gasteiger partial charge in [-0.3, -0.25) is 0 Å². The molecule has 0 atom stereocenters. The molecule has 0 radical (unpaired) electrons. The number of carbonyl (C=O) groups is 1. The molecular formula is C25H28FN3O3. The predicted molar refractivity (Wildman–Crippen MR) is 121 cm³/mol. The van der Waals surface area contributed by atoms with Crippen molar-refractivity contribution in [2.45, 2.75) is 39.8 Å². The molecule has 0 bridgehead atoms. The second-order valence-corrected chi connectivity index (χ2v) is 7.53. The molecule has 7 heteroatoms. The Labute approximate surface area is 187 Å². The number of hydrogen-bond acceptors (Lipinski definition) is 6. The van der Waals surface area contributed by atoms with Gasteiger partial charge in [-0.05, 0) is 49.6 Å². The lowest BCUT2D eigenvalue weighted by molar-refractivity contribution is -0.117. The number of carbonyl (C=O) groups excluding carboxylic acids is 1. The van der Waals surface area contributed by atoms with Crippen LogP contribution in [-0.2, 0) is 17.9 Å². The number of nitrogens with one attached hydrogen (secondary N) is 1. The zero-order valence-electron chi connectivity index (χ0n) is 18.7. The Bertz CT molecular complexity index is 1070. The first-order chi connectivity index (χ1) is 15.5. The fourth-order valence-corrected chi connectivity index (χ4v) is 3.38. The van der Waals surface area contributed by atoms with Gasteiger partial charge < -0.3 is 19.6 Å². The van der Waals surface area contributed by atoms with Gasteiger partial charge in [0.2, 0.25) is 5.88 Å². The lowest BCUT2D eigenvalue weighted by Gasteiger charge is -2.13. The van der Waals surface area contributed by atoms with Crippen LogP contribution >= 0.6 is 0 Å². The van der Waals surface area contributed by atoms with Crippen molar-refractivity contribution in [3.63, 3.8) is 0 Å². The number of hydrogen-bond donors (Lipinski definition) is 1. The zero-order valence-corrected chi connectivity index (χ0v) is 18.7. The number of rotatable bonds is 11. The molecular weight excluding hydrogens is 409 g/mol. The van der Waals surface area contributed by atoms with Gasteiger partial charge in [-0.15, -0.1) is 0 Å². The van der Waals surface area contributed by atoms with Crippen molar-refractivity contribution in [2.24, 2.45) is 0 Å². The van der Waals surface area contributed by atoms with E-state index in [-0.39, 0.29) is 24.2 Å². The van der Waals surface area contributed by atoms with E-state index in [4.69, 9.17) is 9.47 Å². The first-order valence-electron chi connectivity index (χ1n) is 10.6. The minimum absolute atomic E-state index is 0.184. The van der Waals surface area contributed by atoms with Crippen LogP contribution in [0.25, 0.3) is 11.1 Å². The molecule has 0 aliphatic carbocycles. The van der Waals surface area contributed by atoms with Crippen LogP contribution in [0.15, 0.2) is 48.7 Å². The molecule has 2 aromatic carbocycles. The zero-order chi connectivity index (χ0) is 22.9. The van der Waals surface area contributed by atoms with Gasteiger partial charge in [0.15, 0.2) is 0 Å². The van der Waals surface area contributed by atoms with E-state index in [9.17, 15) is 9.18 Å². The van der Waals surface area contributed by atoms with Crippen LogP contribution in [0.4, 0.5) is 4.39 Å². The Morgan fingerprint density at radius 2 is 1.88 bits per heavy atom. The van der Waals surface area contributed by atoms with E-state index in [1.165, 1.54) is 6.07 Å². The molecule has 0 aliphatic heterocycles. The van der Waals surface area contributed by atoms with Gasteiger partial charge in [0.05, 0.1) is 7.11 Å². The van der Waals surface area contributed by atoms with Crippen LogP contribution in [-0.4, -0.2) is 29.4 Å². The number of halogens is 1. The Balaban J connectivity index is 1.65. The molecule has 0 aliphatic rings. The van der Waals surface area contributed by atoms with Gasteiger partial charge in [0, 0.05) is 30.3 Å². The minimum Gasteiger partial charge on any atom is -0.481 e. The van der Waals surface area contributed by atoms with Gasteiger partial charge >= 0.3 is 6.01 Å². The quantitative estimate of drug-likeness (QED) is 0.441. The Hall–Kier alpha value is -3.32. The number of methoxy groups -OCH3 is 1. The highest BCUT2D eigenvalue weighted by molar-refractivity contribution is 5.75. The van der Waals surface area contributed by atoms with Crippen molar-refractivity contribution in [1.82, 2.24) is 15.3 Å². The topological polar surface area (TPSA) is 73.3 Å². The Kier molecular flexibility index (Phi) is 8.27. The maximum Gasteiger partial charge on any atom is 0.320 e. The van der Waals surface area contributed by atoms with E-state index >= 15 is 0 Å². The summed E-state index contributed by atoms with van der Waals surface area (Å²) in [6, 6.07) is 12.7. The lowest BCUT2D eigenvalue weighted by Crippen LogP contribution is -2.16. The normalized spacial score (nSPS) is 10.8. The molecule has 0 fully saturated rings. The van der Waals surface area contributed by atoms with Crippen LogP contribution in [0.3, 0.4) is 0 Å². The number of benzene rings is 2. The first-order valence-corrected chi connectivity index (χ1v) is 10.6. The van der Waals surface area contributed by atoms with E-state index in [0.717, 1.165) is 35.2 Å². The largest absolute Gasteiger partial charge is 0.481 e. The van der Waals surface area contributed by atoms with Crippen molar-refractivity contribution < 1.29 is 18.7 Å². The van der Waals surface area contributed by atoms with Gasteiger partial charge in [-0.1, -0.05) is 36.4 Å². The van der Waals surface area contributed by atoms with Crippen LogP contribution in [0.1, 0.15) is 36.5 Å². The molecule has 1 heterocycles. The highest BCUT2D eigenvalue weighted by atomic mass is 19.1. The number of Topliss-reactive ketones (excluding diaryl/α,β-unsaturated/α-hetero) is 1. The van der Waals surface area contributed by atoms with E-state index in [1.54, 1.807) is 32.4 Å². The molecule has 3 rings (SSSR count). The third kappa shape index (κ3) is 6.11. The standard InChI is InChI=1S/C25H28FN3O3/c1-17(30)8-7-13-27-14-20-15-28-25(29-24(20)31-3)32-16-19-9-6-11-21(18(19)2)22-10-4-5-12-23(22)26/h4-6,9-12,15,27H,7-8,13-14,16H2,1-3H3. The van der Waals surface area contributed by atoms with Crippen LogP contribution in [0.2, 0.25) is 0 Å². The van der Waals surface area contributed by atoms with Crippen molar-refractivity contribution in [3.05, 3.63) is 71.2 Å². The van der Waals surface area contributed by atoms with Crippen molar-refractivity contribution >= 4 is 5.78 Å². The fraction of sp³-hybridized carbons (Fsp3) is 0.320. The second kappa shape index (κ2) is 11.3. The van der Waals surface area contributed by atoms with Crippen LogP contribution in [0.5, 0.6) is 11.9 Å². The van der Waals surface area contributed by atoms with Crippen molar-refractivity contribution in [2.75, 3.05) is 13.7 Å². The molecule has 0 saturated heterocycles. The summed E-state index contributed by atoms with van der Waals surface area (Å²) in [5.41, 5.74) is 4.06. The van der Waals surface area contributed by atoms with E-state index in [0.29, 0.717) is 24.4 Å². The molecule has 6 nitrogen and oxygen atoms in total. The van der Waals surface area contributed by atoms with Gasteiger partial charge in [-0.2, -0.15) is 4.98 Å². The molecule has 0 amide bonds. The summed E-state index contributed by atoms with van der Waals surface area (Å²) in [4.78, 5) is 19.6. The average molecular weight is 438 g/mol. The number of aromatic nitrogens is 2. The highest BCUT2D eigenvalue weighted by Gasteiger charge is 2.12. The van der Waals surface area contributed by atoms with Crippen LogP contribution in [0, 0.1) is 12.7 Å². The highest BCUT2D eigenvalue weighted by Crippen LogP contribution is 2.28. The number of ether oxygens (including phenoxy) is 2. The summed E-state index contributed by atoms with van der Waals surface area (Å²) < 4.78 is 25.4. The summed E-state index contributed by atoms with van der Waals surface area (Å²) >= 11 is 0. The third-order valence-electron chi connectivity index (χ3n) is 5.16. The van der Waals surface area contributed by atoms with Gasteiger partial charge in [0.1, 0.15) is 18.2 Å². The predicted octanol–water partition coefficient (Wildman–Crippen LogP) is 4.64. The maximum atomic E-state index is 14.2. The molecule has 1 N–H and O–H groups in total. The second-order valence-electron chi connectivity index (χ2n) is 7.53. The van der Waals surface area contributed by atoms with E-state index in [2.05, 4.69) is 15.3 Å². The monoisotopic (exact) mass is 437 g/mol. The molecule has 32 heavy (non-hydrogen) atoms. The SMILES string of the molecule is COc1nc(OCc2cccc(-c3ccccc3F)c2C)ncc1CNCCCC(C)=O. The summed E-state index contributed by atoms with van der Waals surface area (Å²) in [6.45, 7) is 5.04. The summed E-state index contributed by atoms with van der Waals surface area (Å²) in [5.74, 6) is 0.363. The maximum absolute atomic E-state index is 14.2. The molecule has 0 unspecified atom stereocenters. The summed E-state index contributed by atoms with van der Waals surface area (Å²) in [7, 11) is 1.55. The van der Waals surface area contributed by atoms with Crippen molar-refractivity contribution in [1.29, 1.82) is 0 Å². The average Bonchev–Trinajstić information content (AvgIpc) is 2.79. The van der Waals surface area contributed by atoms with Crippen LogP contribution < -0.4 is 14.8 Å². The smallest absolute Gasteiger partial charge is 0.320 e. The number of nitrogens with zero attached hydrogens (tertiary/aromatic N) is 2. The first kappa shape index (κ1) is 23.3. The number of ketones is 1.